The molecule has 2 rings (SSSR count). The molecule has 1 aromatic heterocycles. The Morgan fingerprint density at radius 3 is 2.72 bits per heavy atom. The Labute approximate surface area is 110 Å². The number of aromatic nitrogens is 1. The highest BCUT2D eigenvalue weighted by Gasteiger charge is 2.00. The first-order valence-electron chi connectivity index (χ1n) is 5.77. The summed E-state index contributed by atoms with van der Waals surface area (Å²) in [4.78, 5) is 4.31. The summed E-state index contributed by atoms with van der Waals surface area (Å²) in [6.07, 6.45) is 0. The molecule has 0 unspecified atom stereocenters. The number of nitrogens with two attached hydrogens (primary N) is 1. The molecule has 0 aliphatic rings. The van der Waals surface area contributed by atoms with Crippen LogP contribution in [0.5, 0.6) is 5.75 Å². The van der Waals surface area contributed by atoms with Gasteiger partial charge in [-0.1, -0.05) is 18.2 Å². The van der Waals surface area contributed by atoms with Crippen molar-refractivity contribution in [1.82, 2.24) is 4.98 Å². The third-order valence-electron chi connectivity index (χ3n) is 2.26. The number of hydrogen-bond acceptors (Lipinski definition) is 5. The van der Waals surface area contributed by atoms with Crippen LogP contribution in [0.3, 0.4) is 0 Å². The molecule has 96 valence electrons. The Morgan fingerprint density at radius 2 is 2.00 bits per heavy atom. The van der Waals surface area contributed by atoms with E-state index in [0.717, 1.165) is 16.5 Å². The van der Waals surface area contributed by atoms with Crippen molar-refractivity contribution in [2.24, 2.45) is 5.73 Å². The normalized spacial score (nSPS) is 10.5. The van der Waals surface area contributed by atoms with Gasteiger partial charge in [0.2, 0.25) is 0 Å². The maximum Gasteiger partial charge on any atom is 0.119 e. The van der Waals surface area contributed by atoms with Gasteiger partial charge in [0.25, 0.3) is 0 Å². The molecule has 0 aliphatic carbocycles. The third kappa shape index (κ3) is 4.10. The van der Waals surface area contributed by atoms with E-state index >= 15 is 0 Å². The summed E-state index contributed by atoms with van der Waals surface area (Å²) < 4.78 is 11.0. The lowest BCUT2D eigenvalue weighted by Crippen LogP contribution is -2.06. The number of benzene rings is 1. The third-order valence-corrected chi connectivity index (χ3v) is 3.18. The molecule has 0 radical (unpaired) electrons. The Bertz CT molecular complexity index is 459. The van der Waals surface area contributed by atoms with Crippen LogP contribution >= 0.6 is 11.3 Å². The van der Waals surface area contributed by atoms with Gasteiger partial charge in [-0.25, -0.2) is 4.98 Å². The van der Waals surface area contributed by atoms with Gasteiger partial charge in [0.1, 0.15) is 17.4 Å². The first-order chi connectivity index (χ1) is 8.88. The molecule has 2 aromatic rings. The van der Waals surface area contributed by atoms with Gasteiger partial charge in [-0.2, -0.15) is 0 Å². The van der Waals surface area contributed by atoms with Crippen molar-refractivity contribution >= 4 is 11.3 Å². The van der Waals surface area contributed by atoms with Crippen molar-refractivity contribution in [3.05, 3.63) is 46.4 Å². The van der Waals surface area contributed by atoms with E-state index in [1.807, 2.05) is 35.7 Å². The summed E-state index contributed by atoms with van der Waals surface area (Å²) >= 11 is 1.56. The van der Waals surface area contributed by atoms with E-state index in [1.54, 1.807) is 11.3 Å². The molecular weight excluding hydrogens is 248 g/mol. The lowest BCUT2D eigenvalue weighted by Gasteiger charge is -2.05. The van der Waals surface area contributed by atoms with Crippen molar-refractivity contribution in [2.45, 2.75) is 13.2 Å². The second-order valence-corrected chi connectivity index (χ2v) is 4.59. The van der Waals surface area contributed by atoms with Gasteiger partial charge in [-0.05, 0) is 12.1 Å². The Balaban J connectivity index is 1.61. The Morgan fingerprint density at radius 1 is 1.17 bits per heavy atom. The van der Waals surface area contributed by atoms with E-state index in [1.165, 1.54) is 0 Å². The molecule has 0 saturated heterocycles. The quantitative estimate of drug-likeness (QED) is 0.779. The number of thiazole rings is 1. The topological polar surface area (TPSA) is 57.4 Å². The van der Waals surface area contributed by atoms with E-state index in [9.17, 15) is 0 Å². The molecule has 0 amide bonds. The molecule has 5 heteroatoms. The summed E-state index contributed by atoms with van der Waals surface area (Å²) in [5.74, 6) is 0.861. The molecule has 0 atom stereocenters. The summed E-state index contributed by atoms with van der Waals surface area (Å²) in [6, 6.07) is 9.70. The highest BCUT2D eigenvalue weighted by atomic mass is 32.1. The highest BCUT2D eigenvalue weighted by molar-refractivity contribution is 7.09. The maximum absolute atomic E-state index is 5.51. The monoisotopic (exact) mass is 264 g/mol. The molecule has 0 spiro atoms. The standard InChI is InChI=1S/C13H16N2O2S/c14-8-13-15-11(10-18-13)9-16-6-7-17-12-4-2-1-3-5-12/h1-5,10H,6-9,14H2. The van der Waals surface area contributed by atoms with Crippen molar-refractivity contribution < 1.29 is 9.47 Å². The molecule has 18 heavy (non-hydrogen) atoms. The highest BCUT2D eigenvalue weighted by Crippen LogP contribution is 2.10. The number of ether oxygens (including phenoxy) is 2. The fourth-order valence-corrected chi connectivity index (χ4v) is 2.08. The number of nitrogens with zero attached hydrogens (tertiary/aromatic N) is 1. The van der Waals surface area contributed by atoms with Crippen molar-refractivity contribution in [3.63, 3.8) is 0 Å². The minimum atomic E-state index is 0.488. The Hall–Kier alpha value is -1.43. The second-order valence-electron chi connectivity index (χ2n) is 3.65. The van der Waals surface area contributed by atoms with Crippen LogP contribution in [0.15, 0.2) is 35.7 Å². The molecule has 1 heterocycles. The lowest BCUT2D eigenvalue weighted by molar-refractivity contribution is 0.0872. The van der Waals surface area contributed by atoms with Crippen LogP contribution in [0.1, 0.15) is 10.7 Å². The lowest BCUT2D eigenvalue weighted by atomic mass is 10.3. The Kier molecular flexibility index (Phi) is 5.14. The predicted octanol–water partition coefficient (Wildman–Crippen LogP) is 2.20. The molecule has 4 nitrogen and oxygen atoms in total. The predicted molar refractivity (Wildman–Crippen MR) is 71.6 cm³/mol. The minimum absolute atomic E-state index is 0.488. The zero-order valence-electron chi connectivity index (χ0n) is 10.0. The molecule has 0 aliphatic heterocycles. The minimum Gasteiger partial charge on any atom is -0.491 e. The van der Waals surface area contributed by atoms with Crippen LogP contribution in [0.25, 0.3) is 0 Å². The fourth-order valence-electron chi connectivity index (χ4n) is 1.42. The molecule has 0 fully saturated rings. The van der Waals surface area contributed by atoms with Gasteiger partial charge in [0, 0.05) is 11.9 Å². The van der Waals surface area contributed by atoms with Crippen molar-refractivity contribution in [2.75, 3.05) is 13.2 Å². The van der Waals surface area contributed by atoms with Crippen molar-refractivity contribution in [3.8, 4) is 5.75 Å². The first kappa shape index (κ1) is 13.0. The van der Waals surface area contributed by atoms with Gasteiger partial charge in [0.15, 0.2) is 0 Å². The molecule has 0 bridgehead atoms. The smallest absolute Gasteiger partial charge is 0.119 e. The zero-order valence-corrected chi connectivity index (χ0v) is 10.9. The maximum atomic E-state index is 5.51. The average molecular weight is 264 g/mol. The fraction of sp³-hybridized carbons (Fsp3) is 0.308. The molecule has 2 N–H and O–H groups in total. The van der Waals surface area contributed by atoms with Gasteiger partial charge in [0.05, 0.1) is 18.9 Å². The zero-order chi connectivity index (χ0) is 12.6. The van der Waals surface area contributed by atoms with E-state index in [4.69, 9.17) is 15.2 Å². The van der Waals surface area contributed by atoms with Gasteiger partial charge >= 0.3 is 0 Å². The van der Waals surface area contributed by atoms with E-state index in [2.05, 4.69) is 4.98 Å². The van der Waals surface area contributed by atoms with Crippen LogP contribution < -0.4 is 10.5 Å². The van der Waals surface area contributed by atoms with Crippen molar-refractivity contribution in [1.29, 1.82) is 0 Å². The van der Waals surface area contributed by atoms with Crippen LogP contribution in [0.4, 0.5) is 0 Å². The number of para-hydroxylation sites is 1. The van der Waals surface area contributed by atoms with Gasteiger partial charge in [-0.3, -0.25) is 0 Å². The van der Waals surface area contributed by atoms with Gasteiger partial charge < -0.3 is 15.2 Å². The van der Waals surface area contributed by atoms with Crippen LogP contribution in [0, 0.1) is 0 Å². The summed E-state index contributed by atoms with van der Waals surface area (Å²) in [7, 11) is 0. The summed E-state index contributed by atoms with van der Waals surface area (Å²) in [5.41, 5.74) is 6.42. The van der Waals surface area contributed by atoms with Crippen LogP contribution in [0.2, 0.25) is 0 Å². The number of hydrogen-bond donors (Lipinski definition) is 1. The largest absolute Gasteiger partial charge is 0.491 e. The molecular formula is C13H16N2O2S. The average Bonchev–Trinajstić information content (AvgIpc) is 2.87. The summed E-state index contributed by atoms with van der Waals surface area (Å²) in [6.45, 7) is 2.08. The van der Waals surface area contributed by atoms with E-state index in [-0.39, 0.29) is 0 Å². The molecule has 0 saturated carbocycles. The molecule has 1 aromatic carbocycles. The van der Waals surface area contributed by atoms with E-state index in [0.29, 0.717) is 26.4 Å². The first-order valence-corrected chi connectivity index (χ1v) is 6.65. The SMILES string of the molecule is NCc1nc(COCCOc2ccccc2)cs1. The summed E-state index contributed by atoms with van der Waals surface area (Å²) in [5, 5.41) is 2.91. The second kappa shape index (κ2) is 7.10. The van der Waals surface area contributed by atoms with Crippen LogP contribution in [-0.4, -0.2) is 18.2 Å². The van der Waals surface area contributed by atoms with E-state index < -0.39 is 0 Å². The van der Waals surface area contributed by atoms with Gasteiger partial charge in [-0.15, -0.1) is 11.3 Å². The number of rotatable bonds is 7. The van der Waals surface area contributed by atoms with Crippen LogP contribution in [-0.2, 0) is 17.9 Å².